The number of rotatable bonds is 20. The zero-order valence-corrected chi connectivity index (χ0v) is 18.1. The first kappa shape index (κ1) is 25.7. The van der Waals surface area contributed by atoms with Crippen molar-refractivity contribution in [3.05, 3.63) is 61.3 Å². The molecule has 1 radical (unpaired) electrons. The molecule has 153 valence electrons. The van der Waals surface area contributed by atoms with Crippen LogP contribution in [0.3, 0.4) is 0 Å². The van der Waals surface area contributed by atoms with E-state index < -0.39 is 0 Å². The summed E-state index contributed by atoms with van der Waals surface area (Å²) in [6.45, 7) is 7.54. The van der Waals surface area contributed by atoms with Crippen molar-refractivity contribution < 1.29 is 0 Å². The van der Waals surface area contributed by atoms with Gasteiger partial charge in [-0.15, -0.1) is 0 Å². The average molecular weight is 370 g/mol. The summed E-state index contributed by atoms with van der Waals surface area (Å²) in [6, 6.07) is 0. The molecular formula is C27H45. The van der Waals surface area contributed by atoms with Gasteiger partial charge in [-0.2, -0.15) is 0 Å². The molecule has 0 spiro atoms. The van der Waals surface area contributed by atoms with Crippen LogP contribution in [-0.2, 0) is 0 Å². The molecule has 0 saturated heterocycles. The minimum absolute atomic E-state index is 1.20. The van der Waals surface area contributed by atoms with Gasteiger partial charge in [-0.1, -0.05) is 158 Å². The molecule has 0 aromatic carbocycles. The summed E-state index contributed by atoms with van der Waals surface area (Å²) in [5.41, 5.74) is 0. The van der Waals surface area contributed by atoms with Crippen LogP contribution in [0.2, 0.25) is 0 Å². The molecule has 0 unspecified atom stereocenters. The van der Waals surface area contributed by atoms with Crippen molar-refractivity contribution in [2.24, 2.45) is 0 Å². The van der Waals surface area contributed by atoms with E-state index in [1.807, 2.05) is 30.4 Å². The van der Waals surface area contributed by atoms with Crippen molar-refractivity contribution in [3.63, 3.8) is 0 Å². The predicted molar refractivity (Wildman–Crippen MR) is 125 cm³/mol. The minimum atomic E-state index is 1.20. The molecule has 0 rings (SSSR count). The highest BCUT2D eigenvalue weighted by molar-refractivity contribution is 5.16. The van der Waals surface area contributed by atoms with Crippen LogP contribution in [0.4, 0.5) is 0 Å². The summed E-state index contributed by atoms with van der Waals surface area (Å²) >= 11 is 0. The monoisotopic (exact) mass is 369 g/mol. The van der Waals surface area contributed by atoms with Gasteiger partial charge in [-0.3, -0.25) is 0 Å². The van der Waals surface area contributed by atoms with Crippen molar-refractivity contribution in [3.8, 4) is 0 Å². The standard InChI is InChI=1S/C27H45/c1-3-5-7-9-11-13-15-17-19-21-23-25-27-26-24-22-20-18-16-14-12-10-8-6-4-2/h1,3,5,7,9,11,13,15,17,19H,4,6,8,10,12,14,16,18,20-27H2,2H3/b3-1?,7-5+,11-9+,15-13+,19-17+. The molecule has 0 amide bonds. The Labute approximate surface area is 171 Å². The van der Waals surface area contributed by atoms with Gasteiger partial charge >= 0.3 is 0 Å². The van der Waals surface area contributed by atoms with Gasteiger partial charge in [0.05, 0.1) is 0 Å². The lowest BCUT2D eigenvalue weighted by molar-refractivity contribution is 0.533. The predicted octanol–water partition coefficient (Wildman–Crippen LogP) is 9.46. The Morgan fingerprint density at radius 3 is 1.26 bits per heavy atom. The van der Waals surface area contributed by atoms with Gasteiger partial charge in [-0.25, -0.2) is 0 Å². The molecule has 0 aliphatic heterocycles. The van der Waals surface area contributed by atoms with Crippen LogP contribution in [0.1, 0.15) is 110 Å². The summed E-state index contributed by atoms with van der Waals surface area (Å²) in [7, 11) is 0. The van der Waals surface area contributed by atoms with Gasteiger partial charge < -0.3 is 0 Å². The van der Waals surface area contributed by atoms with Gasteiger partial charge in [-0.05, 0) is 12.8 Å². The third-order valence-corrected chi connectivity index (χ3v) is 4.89. The first-order chi connectivity index (χ1) is 13.4. The Kier molecular flexibility index (Phi) is 23.5. The van der Waals surface area contributed by atoms with Crippen LogP contribution in [0.25, 0.3) is 0 Å². The zero-order chi connectivity index (χ0) is 19.7. The lowest BCUT2D eigenvalue weighted by atomic mass is 10.0. The highest BCUT2D eigenvalue weighted by Gasteiger charge is 1.94. The first-order valence-corrected chi connectivity index (χ1v) is 11.6. The van der Waals surface area contributed by atoms with Crippen LogP contribution >= 0.6 is 0 Å². The molecule has 0 atom stereocenters. The molecule has 0 aliphatic carbocycles. The van der Waals surface area contributed by atoms with Gasteiger partial charge in [0.1, 0.15) is 0 Å². The topological polar surface area (TPSA) is 0 Å². The Morgan fingerprint density at radius 1 is 0.444 bits per heavy atom. The van der Waals surface area contributed by atoms with Crippen molar-refractivity contribution in [1.82, 2.24) is 0 Å². The van der Waals surface area contributed by atoms with E-state index in [0.29, 0.717) is 0 Å². The summed E-state index contributed by atoms with van der Waals surface area (Å²) in [6.07, 6.45) is 40.5. The number of hydrogen-bond acceptors (Lipinski definition) is 0. The first-order valence-electron chi connectivity index (χ1n) is 11.6. The van der Waals surface area contributed by atoms with Crippen molar-refractivity contribution in [2.75, 3.05) is 0 Å². The Morgan fingerprint density at radius 2 is 0.815 bits per heavy atom. The zero-order valence-electron chi connectivity index (χ0n) is 18.1. The van der Waals surface area contributed by atoms with Crippen LogP contribution in [0.15, 0.2) is 54.7 Å². The van der Waals surface area contributed by atoms with E-state index in [1.54, 1.807) is 0 Å². The summed E-state index contributed by atoms with van der Waals surface area (Å²) < 4.78 is 0. The second-order valence-corrected chi connectivity index (χ2v) is 7.51. The lowest BCUT2D eigenvalue weighted by Gasteiger charge is -2.03. The van der Waals surface area contributed by atoms with Gasteiger partial charge in [0.25, 0.3) is 0 Å². The normalized spacial score (nSPS) is 12.3. The highest BCUT2D eigenvalue weighted by Crippen LogP contribution is 2.13. The van der Waals surface area contributed by atoms with E-state index in [0.717, 1.165) is 0 Å². The molecular weight excluding hydrogens is 324 g/mol. The number of hydrogen-bond donors (Lipinski definition) is 0. The quantitative estimate of drug-likeness (QED) is 0.148. The largest absolute Gasteiger partial charge is 0.0845 e. The molecule has 0 aliphatic rings. The average Bonchev–Trinajstić information content (AvgIpc) is 2.68. The Balaban J connectivity index is 3.19. The lowest BCUT2D eigenvalue weighted by Crippen LogP contribution is -1.83. The van der Waals surface area contributed by atoms with Crippen LogP contribution in [0.5, 0.6) is 0 Å². The second kappa shape index (κ2) is 24.7. The molecule has 27 heavy (non-hydrogen) atoms. The van der Waals surface area contributed by atoms with E-state index in [-0.39, 0.29) is 0 Å². The van der Waals surface area contributed by atoms with Crippen LogP contribution in [0, 0.1) is 6.58 Å². The van der Waals surface area contributed by atoms with Crippen LogP contribution < -0.4 is 0 Å². The van der Waals surface area contributed by atoms with Gasteiger partial charge in [0.15, 0.2) is 0 Å². The van der Waals surface area contributed by atoms with Crippen LogP contribution in [-0.4, -0.2) is 0 Å². The maximum absolute atomic E-state index is 5.25. The molecule has 0 saturated carbocycles. The van der Waals surface area contributed by atoms with Crippen molar-refractivity contribution in [1.29, 1.82) is 0 Å². The molecule has 0 bridgehead atoms. The van der Waals surface area contributed by atoms with Gasteiger partial charge in [0.2, 0.25) is 0 Å². The van der Waals surface area contributed by atoms with E-state index in [1.165, 1.54) is 109 Å². The maximum Gasteiger partial charge on any atom is -0.0348 e. The fourth-order valence-corrected chi connectivity index (χ4v) is 3.19. The molecule has 0 heteroatoms. The molecule has 0 aromatic heterocycles. The van der Waals surface area contributed by atoms with E-state index >= 15 is 0 Å². The molecule has 0 fully saturated rings. The smallest absolute Gasteiger partial charge is 0.0348 e. The SMILES string of the molecule is [CH]=C/C=C/C=C/C=C/C=C/CCCCCCCCCCCCCCCCC. The van der Waals surface area contributed by atoms with Crippen molar-refractivity contribution >= 4 is 0 Å². The Hall–Kier alpha value is -1.30. The maximum atomic E-state index is 5.25. The second-order valence-electron chi connectivity index (χ2n) is 7.51. The molecule has 0 N–H and O–H groups in total. The third kappa shape index (κ3) is 24.7. The fraction of sp³-hybridized carbons (Fsp3) is 0.630. The minimum Gasteiger partial charge on any atom is -0.0845 e. The summed E-state index contributed by atoms with van der Waals surface area (Å²) in [4.78, 5) is 0. The number of allylic oxidation sites excluding steroid dienone is 9. The van der Waals surface area contributed by atoms with E-state index in [4.69, 9.17) is 6.58 Å². The Bertz CT molecular complexity index is 394. The summed E-state index contributed by atoms with van der Waals surface area (Å²) in [5.74, 6) is 0. The highest BCUT2D eigenvalue weighted by atomic mass is 14.0. The summed E-state index contributed by atoms with van der Waals surface area (Å²) in [5, 5.41) is 0. The van der Waals surface area contributed by atoms with E-state index in [9.17, 15) is 0 Å². The van der Waals surface area contributed by atoms with Gasteiger partial charge in [0, 0.05) is 0 Å². The molecule has 0 nitrogen and oxygen atoms in total. The molecule has 0 heterocycles. The molecule has 0 aromatic rings. The third-order valence-electron chi connectivity index (χ3n) is 4.89. The van der Waals surface area contributed by atoms with Crippen molar-refractivity contribution in [2.45, 2.75) is 110 Å². The number of unbranched alkanes of at least 4 members (excludes halogenated alkanes) is 15. The van der Waals surface area contributed by atoms with E-state index in [2.05, 4.69) is 25.2 Å². The fourth-order valence-electron chi connectivity index (χ4n) is 3.19.